The van der Waals surface area contributed by atoms with Gasteiger partial charge in [-0.15, -0.1) is 0 Å². The zero-order chi connectivity index (χ0) is 21.0. The SMILES string of the molecule is CC12Cc3cnn(-c4ccc(F)cc4)c3C=C1CCC=C2OS(=O)(=O)C(F)(F)F. The molecule has 1 atom stereocenters. The monoisotopic (exact) mass is 428 g/mol. The summed E-state index contributed by atoms with van der Waals surface area (Å²) in [5.74, 6) is -0.613. The van der Waals surface area contributed by atoms with Crippen molar-refractivity contribution in [2.45, 2.75) is 31.7 Å². The Morgan fingerprint density at radius 1 is 1.21 bits per heavy atom. The summed E-state index contributed by atoms with van der Waals surface area (Å²) in [4.78, 5) is 0. The first kappa shape index (κ1) is 19.7. The summed E-state index contributed by atoms with van der Waals surface area (Å²) < 4.78 is 80.9. The van der Waals surface area contributed by atoms with Crippen LogP contribution in [0.1, 0.15) is 31.0 Å². The van der Waals surface area contributed by atoms with Gasteiger partial charge in [0.1, 0.15) is 11.6 Å². The van der Waals surface area contributed by atoms with Crippen molar-refractivity contribution < 1.29 is 30.2 Å². The van der Waals surface area contributed by atoms with E-state index in [9.17, 15) is 26.0 Å². The van der Waals surface area contributed by atoms with Crippen molar-refractivity contribution in [3.8, 4) is 5.69 Å². The van der Waals surface area contributed by atoms with Gasteiger partial charge in [-0.2, -0.15) is 26.7 Å². The van der Waals surface area contributed by atoms with Crippen LogP contribution in [0, 0.1) is 11.2 Å². The van der Waals surface area contributed by atoms with Gasteiger partial charge in [0.2, 0.25) is 0 Å². The zero-order valence-electron chi connectivity index (χ0n) is 15.2. The summed E-state index contributed by atoms with van der Waals surface area (Å²) in [5.41, 5.74) is -3.69. The van der Waals surface area contributed by atoms with Crippen molar-refractivity contribution in [3.63, 3.8) is 0 Å². The van der Waals surface area contributed by atoms with Crippen LogP contribution in [0.2, 0.25) is 0 Å². The summed E-state index contributed by atoms with van der Waals surface area (Å²) in [6.07, 6.45) is 5.89. The predicted molar refractivity (Wildman–Crippen MR) is 96.7 cm³/mol. The Bertz CT molecular complexity index is 1130. The Kier molecular flexibility index (Phi) is 4.38. The van der Waals surface area contributed by atoms with Crippen molar-refractivity contribution in [1.82, 2.24) is 9.78 Å². The first-order chi connectivity index (χ1) is 13.5. The molecule has 0 radical (unpaired) electrons. The van der Waals surface area contributed by atoms with Gasteiger partial charge in [0.15, 0.2) is 0 Å². The van der Waals surface area contributed by atoms with Gasteiger partial charge in [0, 0.05) is 0 Å². The number of aromatic nitrogens is 2. The molecule has 4 rings (SSSR count). The average molecular weight is 428 g/mol. The number of allylic oxidation sites excluding steroid dienone is 2. The Hall–Kier alpha value is -2.62. The van der Waals surface area contributed by atoms with E-state index in [-0.39, 0.29) is 18.0 Å². The second kappa shape index (κ2) is 6.45. The van der Waals surface area contributed by atoms with Gasteiger partial charge in [-0.25, -0.2) is 9.07 Å². The highest BCUT2D eigenvalue weighted by atomic mass is 32.2. The van der Waals surface area contributed by atoms with Crippen LogP contribution in [-0.2, 0) is 20.7 Å². The molecule has 0 N–H and O–H groups in total. The Morgan fingerprint density at radius 3 is 2.55 bits per heavy atom. The van der Waals surface area contributed by atoms with Gasteiger partial charge in [0.05, 0.1) is 23.0 Å². The van der Waals surface area contributed by atoms with Crippen LogP contribution in [0.15, 0.2) is 47.9 Å². The lowest BCUT2D eigenvalue weighted by Crippen LogP contribution is -2.35. The molecule has 1 aromatic carbocycles. The molecular weight excluding hydrogens is 412 g/mol. The molecule has 2 aliphatic rings. The normalized spacial score (nSPS) is 21.7. The second-order valence-corrected chi connectivity index (χ2v) is 8.75. The molecule has 0 saturated carbocycles. The Balaban J connectivity index is 1.73. The molecule has 0 amide bonds. The summed E-state index contributed by atoms with van der Waals surface area (Å²) in [6.45, 7) is 1.66. The fraction of sp³-hybridized carbons (Fsp3) is 0.316. The predicted octanol–water partition coefficient (Wildman–Crippen LogP) is 4.50. The molecule has 29 heavy (non-hydrogen) atoms. The number of rotatable bonds is 3. The summed E-state index contributed by atoms with van der Waals surface area (Å²) in [6, 6.07) is 5.75. The number of hydrogen-bond acceptors (Lipinski definition) is 4. The van der Waals surface area contributed by atoms with Crippen molar-refractivity contribution >= 4 is 16.2 Å². The first-order valence-corrected chi connectivity index (χ1v) is 10.2. The van der Waals surface area contributed by atoms with Crippen LogP contribution in [0.3, 0.4) is 0 Å². The Labute approximate surface area is 164 Å². The van der Waals surface area contributed by atoms with E-state index < -0.39 is 21.0 Å². The van der Waals surface area contributed by atoms with Crippen molar-refractivity contribution in [1.29, 1.82) is 0 Å². The smallest absolute Gasteiger partial charge is 0.380 e. The molecule has 0 aliphatic heterocycles. The minimum atomic E-state index is -5.76. The average Bonchev–Trinajstić information content (AvgIpc) is 3.02. The molecule has 1 aromatic heterocycles. The van der Waals surface area contributed by atoms with Crippen LogP contribution >= 0.6 is 0 Å². The maximum atomic E-state index is 13.2. The highest BCUT2D eigenvalue weighted by Gasteiger charge is 2.51. The molecule has 5 nitrogen and oxygen atoms in total. The number of halogens is 4. The molecule has 1 heterocycles. The van der Waals surface area contributed by atoms with Gasteiger partial charge >= 0.3 is 15.6 Å². The molecule has 0 saturated heterocycles. The van der Waals surface area contributed by atoms with Crippen molar-refractivity contribution in [2.75, 3.05) is 0 Å². The third kappa shape index (κ3) is 3.25. The van der Waals surface area contributed by atoms with E-state index in [2.05, 4.69) is 9.28 Å². The van der Waals surface area contributed by atoms with Crippen LogP contribution in [0.25, 0.3) is 11.8 Å². The van der Waals surface area contributed by atoms with Gasteiger partial charge in [-0.1, -0.05) is 5.57 Å². The molecule has 0 spiro atoms. The Morgan fingerprint density at radius 2 is 1.90 bits per heavy atom. The second-order valence-electron chi connectivity index (χ2n) is 7.21. The lowest BCUT2D eigenvalue weighted by atomic mass is 9.68. The topological polar surface area (TPSA) is 61.2 Å². The van der Waals surface area contributed by atoms with Crippen LogP contribution in [-0.4, -0.2) is 23.7 Å². The van der Waals surface area contributed by atoms with E-state index in [0.29, 0.717) is 18.5 Å². The van der Waals surface area contributed by atoms with Crippen LogP contribution in [0.5, 0.6) is 0 Å². The first-order valence-electron chi connectivity index (χ1n) is 8.76. The maximum Gasteiger partial charge on any atom is 0.534 e. The van der Waals surface area contributed by atoms with E-state index in [0.717, 1.165) is 16.8 Å². The van der Waals surface area contributed by atoms with Gasteiger partial charge in [0.25, 0.3) is 0 Å². The quantitative estimate of drug-likeness (QED) is 0.410. The number of alkyl halides is 3. The van der Waals surface area contributed by atoms with E-state index >= 15 is 0 Å². The fourth-order valence-electron chi connectivity index (χ4n) is 3.76. The molecule has 10 heteroatoms. The van der Waals surface area contributed by atoms with E-state index in [1.54, 1.807) is 36.0 Å². The number of nitrogens with zero attached hydrogens (tertiary/aromatic N) is 2. The standard InChI is InChI=1S/C19H16F4N2O3S/c1-18-10-12-11-24-25(15-7-5-14(20)6-8-15)16(12)9-13(18)3-2-4-17(18)28-29(26,27)19(21,22)23/h4-9,11H,2-3,10H2,1H3. The molecular formula is C19H16F4N2O3S. The lowest BCUT2D eigenvalue weighted by Gasteiger charge is -2.39. The third-order valence-corrected chi connectivity index (χ3v) is 6.26. The van der Waals surface area contributed by atoms with Crippen molar-refractivity contribution in [2.24, 2.45) is 5.41 Å². The van der Waals surface area contributed by atoms with Crippen LogP contribution < -0.4 is 0 Å². The van der Waals surface area contributed by atoms with Gasteiger partial charge < -0.3 is 4.18 Å². The minimum absolute atomic E-state index is 0.229. The van der Waals surface area contributed by atoms with Crippen molar-refractivity contribution in [3.05, 3.63) is 64.9 Å². The highest BCUT2D eigenvalue weighted by Crippen LogP contribution is 2.50. The zero-order valence-corrected chi connectivity index (χ0v) is 16.0. The molecule has 0 fully saturated rings. The summed E-state index contributed by atoms with van der Waals surface area (Å²) in [7, 11) is -5.76. The molecule has 0 bridgehead atoms. The number of benzene rings is 1. The van der Waals surface area contributed by atoms with Crippen LogP contribution in [0.4, 0.5) is 17.6 Å². The number of fused-ring (bicyclic) bond motifs is 2. The van der Waals surface area contributed by atoms with Gasteiger partial charge in [-0.3, -0.25) is 0 Å². The summed E-state index contributed by atoms with van der Waals surface area (Å²) in [5, 5.41) is 4.32. The fourth-order valence-corrected chi connectivity index (χ4v) is 4.34. The molecule has 1 unspecified atom stereocenters. The number of hydrogen-bond donors (Lipinski definition) is 0. The molecule has 154 valence electrons. The minimum Gasteiger partial charge on any atom is -0.380 e. The summed E-state index contributed by atoms with van der Waals surface area (Å²) >= 11 is 0. The molecule has 2 aromatic rings. The van der Waals surface area contributed by atoms with Gasteiger partial charge in [-0.05, 0) is 68.2 Å². The maximum absolute atomic E-state index is 13.2. The highest BCUT2D eigenvalue weighted by molar-refractivity contribution is 7.87. The molecule has 2 aliphatic carbocycles. The lowest BCUT2D eigenvalue weighted by molar-refractivity contribution is -0.0531. The van der Waals surface area contributed by atoms with E-state index in [4.69, 9.17) is 0 Å². The van der Waals surface area contributed by atoms with E-state index in [1.807, 2.05) is 0 Å². The largest absolute Gasteiger partial charge is 0.534 e. The third-order valence-electron chi connectivity index (χ3n) is 5.29. The van der Waals surface area contributed by atoms with E-state index in [1.165, 1.54) is 18.2 Å².